The molecule has 2 rings (SSSR count). The van der Waals surface area contributed by atoms with Crippen molar-refractivity contribution in [3.63, 3.8) is 0 Å². The summed E-state index contributed by atoms with van der Waals surface area (Å²) in [6, 6.07) is 4.96. The smallest absolute Gasteiger partial charge is 0.174 e. The zero-order chi connectivity index (χ0) is 14.9. The van der Waals surface area contributed by atoms with Crippen molar-refractivity contribution in [2.75, 3.05) is 12.8 Å². The molecule has 20 heavy (non-hydrogen) atoms. The standard InChI is InChI=1S/C15H18FN3O/c1-8(2)15-18-13(9(3)14(17)19-15)10-6-5-7-11(20-4)12(10)16/h5-8H,1-4H3,(H2,17,18,19). The van der Waals surface area contributed by atoms with Crippen LogP contribution in [0.1, 0.15) is 31.2 Å². The number of methoxy groups -OCH3 is 1. The fourth-order valence-corrected chi connectivity index (χ4v) is 1.92. The number of nitrogen functional groups attached to an aromatic ring is 1. The van der Waals surface area contributed by atoms with Crippen molar-refractivity contribution in [1.29, 1.82) is 0 Å². The fraction of sp³-hybridized carbons (Fsp3) is 0.333. The van der Waals surface area contributed by atoms with Crippen LogP contribution in [0.4, 0.5) is 10.2 Å². The maximum Gasteiger partial charge on any atom is 0.174 e. The molecule has 2 N–H and O–H groups in total. The molecule has 0 saturated heterocycles. The summed E-state index contributed by atoms with van der Waals surface area (Å²) in [5.74, 6) is 0.840. The molecule has 106 valence electrons. The lowest BCUT2D eigenvalue weighted by Crippen LogP contribution is -2.07. The second-order valence-corrected chi connectivity index (χ2v) is 4.92. The molecule has 0 radical (unpaired) electrons. The number of anilines is 1. The summed E-state index contributed by atoms with van der Waals surface area (Å²) < 4.78 is 19.4. The van der Waals surface area contributed by atoms with Gasteiger partial charge >= 0.3 is 0 Å². The lowest BCUT2D eigenvalue weighted by atomic mass is 10.1. The predicted molar refractivity (Wildman–Crippen MR) is 77.2 cm³/mol. The van der Waals surface area contributed by atoms with Gasteiger partial charge in [0.25, 0.3) is 0 Å². The SMILES string of the molecule is COc1cccc(-c2nc(C(C)C)nc(N)c2C)c1F. The highest BCUT2D eigenvalue weighted by atomic mass is 19.1. The van der Waals surface area contributed by atoms with Crippen LogP contribution in [-0.2, 0) is 0 Å². The van der Waals surface area contributed by atoms with E-state index in [0.717, 1.165) is 0 Å². The number of hydrogen-bond donors (Lipinski definition) is 1. The average molecular weight is 275 g/mol. The topological polar surface area (TPSA) is 61.0 Å². The molecule has 0 unspecified atom stereocenters. The molecule has 0 spiro atoms. The highest BCUT2D eigenvalue weighted by Gasteiger charge is 2.17. The van der Waals surface area contributed by atoms with Gasteiger partial charge in [0.05, 0.1) is 12.8 Å². The van der Waals surface area contributed by atoms with E-state index in [-0.39, 0.29) is 11.7 Å². The minimum absolute atomic E-state index is 0.116. The van der Waals surface area contributed by atoms with Gasteiger partial charge in [-0.25, -0.2) is 14.4 Å². The highest BCUT2D eigenvalue weighted by Crippen LogP contribution is 2.32. The molecule has 0 aliphatic carbocycles. The molecule has 4 nitrogen and oxygen atoms in total. The van der Waals surface area contributed by atoms with Crippen molar-refractivity contribution < 1.29 is 9.13 Å². The molecular weight excluding hydrogens is 257 g/mol. The van der Waals surface area contributed by atoms with Gasteiger partial charge in [0.1, 0.15) is 11.6 Å². The van der Waals surface area contributed by atoms with Gasteiger partial charge in [0.15, 0.2) is 11.6 Å². The van der Waals surface area contributed by atoms with Gasteiger partial charge in [-0.2, -0.15) is 0 Å². The van der Waals surface area contributed by atoms with E-state index in [1.165, 1.54) is 7.11 Å². The predicted octanol–water partition coefficient (Wildman–Crippen LogP) is 3.31. The van der Waals surface area contributed by atoms with Gasteiger partial charge in [0, 0.05) is 17.0 Å². The van der Waals surface area contributed by atoms with Crippen molar-refractivity contribution in [3.8, 4) is 17.0 Å². The zero-order valence-corrected chi connectivity index (χ0v) is 12.1. The summed E-state index contributed by atoms with van der Waals surface area (Å²) in [6.07, 6.45) is 0. The third-order valence-corrected chi connectivity index (χ3v) is 3.16. The Morgan fingerprint density at radius 1 is 1.25 bits per heavy atom. The van der Waals surface area contributed by atoms with E-state index in [1.807, 2.05) is 13.8 Å². The Hall–Kier alpha value is -2.17. The minimum Gasteiger partial charge on any atom is -0.494 e. The molecule has 0 aliphatic heterocycles. The number of ether oxygens (including phenoxy) is 1. The minimum atomic E-state index is -0.439. The van der Waals surface area contributed by atoms with Crippen LogP contribution in [0, 0.1) is 12.7 Å². The van der Waals surface area contributed by atoms with E-state index < -0.39 is 5.82 Å². The van der Waals surface area contributed by atoms with Crippen LogP contribution < -0.4 is 10.5 Å². The average Bonchev–Trinajstić information content (AvgIpc) is 2.42. The Morgan fingerprint density at radius 3 is 2.55 bits per heavy atom. The highest BCUT2D eigenvalue weighted by molar-refractivity contribution is 5.69. The van der Waals surface area contributed by atoms with E-state index in [1.54, 1.807) is 25.1 Å². The van der Waals surface area contributed by atoms with Gasteiger partial charge < -0.3 is 10.5 Å². The van der Waals surface area contributed by atoms with Crippen LogP contribution in [0.25, 0.3) is 11.3 Å². The monoisotopic (exact) mass is 275 g/mol. The first-order valence-corrected chi connectivity index (χ1v) is 6.42. The van der Waals surface area contributed by atoms with Gasteiger partial charge in [0.2, 0.25) is 0 Å². The van der Waals surface area contributed by atoms with E-state index in [4.69, 9.17) is 10.5 Å². The molecule has 1 aromatic heterocycles. The Morgan fingerprint density at radius 2 is 1.95 bits per heavy atom. The first-order chi connectivity index (χ1) is 9.45. The summed E-state index contributed by atoms with van der Waals surface area (Å²) in [5, 5.41) is 0. The molecular formula is C15H18FN3O. The molecule has 2 aromatic rings. The Kier molecular flexibility index (Phi) is 3.88. The number of benzene rings is 1. The van der Waals surface area contributed by atoms with Crippen LogP contribution in [0.3, 0.4) is 0 Å². The molecule has 0 atom stereocenters. The summed E-state index contributed by atoms with van der Waals surface area (Å²) in [4.78, 5) is 8.70. The molecule has 0 amide bonds. The second kappa shape index (κ2) is 5.45. The number of nitrogens with zero attached hydrogens (tertiary/aromatic N) is 2. The zero-order valence-electron chi connectivity index (χ0n) is 12.1. The first kappa shape index (κ1) is 14.2. The molecule has 1 heterocycles. The molecule has 0 bridgehead atoms. The third-order valence-electron chi connectivity index (χ3n) is 3.16. The lowest BCUT2D eigenvalue weighted by Gasteiger charge is -2.13. The van der Waals surface area contributed by atoms with Crippen molar-refractivity contribution in [1.82, 2.24) is 9.97 Å². The second-order valence-electron chi connectivity index (χ2n) is 4.92. The van der Waals surface area contributed by atoms with E-state index in [9.17, 15) is 4.39 Å². The molecule has 0 aliphatic rings. The number of aromatic nitrogens is 2. The van der Waals surface area contributed by atoms with Crippen LogP contribution in [0.2, 0.25) is 0 Å². The van der Waals surface area contributed by atoms with Crippen molar-refractivity contribution in [3.05, 3.63) is 35.4 Å². The lowest BCUT2D eigenvalue weighted by molar-refractivity contribution is 0.387. The Balaban J connectivity index is 2.69. The van der Waals surface area contributed by atoms with Gasteiger partial charge in [-0.1, -0.05) is 19.9 Å². The summed E-state index contributed by atoms with van der Waals surface area (Å²) >= 11 is 0. The number of hydrogen-bond acceptors (Lipinski definition) is 4. The van der Waals surface area contributed by atoms with Crippen LogP contribution >= 0.6 is 0 Å². The van der Waals surface area contributed by atoms with E-state index in [2.05, 4.69) is 9.97 Å². The normalized spacial score (nSPS) is 10.9. The number of nitrogens with two attached hydrogens (primary N) is 1. The van der Waals surface area contributed by atoms with Crippen molar-refractivity contribution in [2.45, 2.75) is 26.7 Å². The third kappa shape index (κ3) is 2.43. The van der Waals surface area contributed by atoms with Crippen molar-refractivity contribution in [2.24, 2.45) is 0 Å². The molecule has 1 aromatic carbocycles. The number of halogens is 1. The van der Waals surface area contributed by atoms with E-state index >= 15 is 0 Å². The summed E-state index contributed by atoms with van der Waals surface area (Å²) in [6.45, 7) is 5.72. The van der Waals surface area contributed by atoms with Crippen molar-refractivity contribution >= 4 is 5.82 Å². The number of rotatable bonds is 3. The maximum atomic E-state index is 14.4. The quantitative estimate of drug-likeness (QED) is 0.933. The largest absolute Gasteiger partial charge is 0.494 e. The molecule has 0 fully saturated rings. The van der Waals surface area contributed by atoms with E-state index in [0.29, 0.717) is 28.5 Å². The maximum absolute atomic E-state index is 14.4. The summed E-state index contributed by atoms with van der Waals surface area (Å²) in [7, 11) is 1.43. The van der Waals surface area contributed by atoms with Gasteiger partial charge in [-0.3, -0.25) is 0 Å². The van der Waals surface area contributed by atoms with Gasteiger partial charge in [-0.15, -0.1) is 0 Å². The fourth-order valence-electron chi connectivity index (χ4n) is 1.92. The summed E-state index contributed by atoms with van der Waals surface area (Å²) in [5.41, 5.74) is 7.47. The Labute approximate surface area is 117 Å². The Bertz CT molecular complexity index is 641. The van der Waals surface area contributed by atoms with Gasteiger partial charge in [-0.05, 0) is 19.1 Å². The van der Waals surface area contributed by atoms with Crippen LogP contribution in [0.15, 0.2) is 18.2 Å². The first-order valence-electron chi connectivity index (χ1n) is 6.42. The van der Waals surface area contributed by atoms with Crippen LogP contribution in [0.5, 0.6) is 5.75 Å². The molecule has 0 saturated carbocycles. The molecule has 5 heteroatoms. The van der Waals surface area contributed by atoms with Crippen LogP contribution in [-0.4, -0.2) is 17.1 Å².